The van der Waals surface area contributed by atoms with E-state index in [2.05, 4.69) is 26.5 Å². The Morgan fingerprint density at radius 3 is 3.04 bits per heavy atom. The number of rotatable bonds is 5. The zero-order valence-corrected chi connectivity index (χ0v) is 14.7. The highest BCUT2D eigenvalue weighted by Crippen LogP contribution is 2.34. The molecular weight excluding hydrogens is 314 g/mol. The molecule has 1 amide bonds. The Hall–Kier alpha value is -2.65. The zero-order valence-electron chi connectivity index (χ0n) is 14.7. The minimum Gasteiger partial charge on any atom is -0.351 e. The second kappa shape index (κ2) is 7.49. The molecule has 1 atom stereocenters. The molecule has 25 heavy (non-hydrogen) atoms. The number of carbonyl (C=O) groups excluding carboxylic acids is 1. The Balaban J connectivity index is 1.59. The first-order valence-corrected chi connectivity index (χ1v) is 8.59. The van der Waals surface area contributed by atoms with E-state index in [0.717, 1.165) is 36.3 Å². The number of likely N-dealkylation sites (tertiary alicyclic amines) is 1. The molecule has 1 unspecified atom stereocenters. The van der Waals surface area contributed by atoms with Crippen LogP contribution in [-0.4, -0.2) is 34.1 Å². The van der Waals surface area contributed by atoms with Gasteiger partial charge in [-0.15, -0.1) is 0 Å². The molecule has 0 aliphatic carbocycles. The number of aromatic amines is 1. The van der Waals surface area contributed by atoms with Gasteiger partial charge in [0.15, 0.2) is 0 Å². The highest BCUT2D eigenvalue weighted by molar-refractivity contribution is 5.78. The molecule has 2 heterocycles. The fraction of sp³-hybridized carbons (Fsp3) is 0.421. The molecule has 2 N–H and O–H groups in total. The van der Waals surface area contributed by atoms with Crippen LogP contribution in [0.25, 0.3) is 0 Å². The minimum absolute atomic E-state index is 0.00746. The van der Waals surface area contributed by atoms with Crippen molar-refractivity contribution in [3.63, 3.8) is 0 Å². The van der Waals surface area contributed by atoms with E-state index in [0.29, 0.717) is 18.7 Å². The van der Waals surface area contributed by atoms with Gasteiger partial charge in [-0.05, 0) is 50.9 Å². The fourth-order valence-electron chi connectivity index (χ4n) is 3.58. The maximum Gasteiger partial charge on any atom is 0.234 e. The van der Waals surface area contributed by atoms with E-state index in [1.54, 1.807) is 12.1 Å². The molecule has 0 radical (unpaired) electrons. The van der Waals surface area contributed by atoms with Crippen LogP contribution in [0.5, 0.6) is 0 Å². The van der Waals surface area contributed by atoms with Gasteiger partial charge >= 0.3 is 0 Å². The highest BCUT2D eigenvalue weighted by atomic mass is 16.2. The number of H-pyrrole nitrogens is 1. The summed E-state index contributed by atoms with van der Waals surface area (Å²) in [5.74, 6) is 0.00746. The van der Waals surface area contributed by atoms with Crippen molar-refractivity contribution in [3.05, 3.63) is 52.3 Å². The summed E-state index contributed by atoms with van der Waals surface area (Å²) >= 11 is 0. The standard InChI is InChI=1S/C19H23N5O/c1-13-19(14(2)23-22-13)17-7-4-8-24(17)12-18(25)21-11-16-6-3-5-15(9-16)10-20/h3,5-6,9,17H,4,7-8,11-12H2,1-2H3,(H,21,25)(H,22,23). The van der Waals surface area contributed by atoms with Crippen LogP contribution in [0.2, 0.25) is 0 Å². The predicted molar refractivity (Wildman–Crippen MR) is 94.6 cm³/mol. The smallest absolute Gasteiger partial charge is 0.234 e. The first kappa shape index (κ1) is 17.2. The SMILES string of the molecule is Cc1n[nH]c(C)c1C1CCCN1CC(=O)NCc1cccc(C#N)c1. The van der Waals surface area contributed by atoms with Gasteiger partial charge in [0.05, 0.1) is 23.9 Å². The number of hydrogen-bond acceptors (Lipinski definition) is 4. The molecule has 0 saturated carbocycles. The Bertz CT molecular complexity index is 785. The fourth-order valence-corrected chi connectivity index (χ4v) is 3.58. The van der Waals surface area contributed by atoms with Crippen molar-refractivity contribution in [1.82, 2.24) is 20.4 Å². The number of benzene rings is 1. The van der Waals surface area contributed by atoms with Gasteiger partial charge in [-0.1, -0.05) is 12.1 Å². The second-order valence-corrected chi connectivity index (χ2v) is 6.57. The maximum atomic E-state index is 12.4. The van der Waals surface area contributed by atoms with Gasteiger partial charge in [0.2, 0.25) is 5.91 Å². The largest absolute Gasteiger partial charge is 0.351 e. The van der Waals surface area contributed by atoms with Crippen molar-refractivity contribution in [2.45, 2.75) is 39.3 Å². The summed E-state index contributed by atoms with van der Waals surface area (Å²) < 4.78 is 0. The molecule has 2 aromatic rings. The van der Waals surface area contributed by atoms with Crippen molar-refractivity contribution in [2.24, 2.45) is 0 Å². The van der Waals surface area contributed by atoms with Crippen molar-refractivity contribution in [2.75, 3.05) is 13.1 Å². The number of hydrogen-bond donors (Lipinski definition) is 2. The average Bonchev–Trinajstić information content (AvgIpc) is 3.19. The summed E-state index contributed by atoms with van der Waals surface area (Å²) in [4.78, 5) is 14.6. The molecule has 1 aromatic heterocycles. The van der Waals surface area contributed by atoms with Crippen molar-refractivity contribution < 1.29 is 4.79 Å². The number of aromatic nitrogens is 2. The van der Waals surface area contributed by atoms with Gasteiger partial charge in [-0.25, -0.2) is 0 Å². The van der Waals surface area contributed by atoms with Gasteiger partial charge in [0.25, 0.3) is 0 Å². The first-order valence-electron chi connectivity index (χ1n) is 8.59. The summed E-state index contributed by atoms with van der Waals surface area (Å²) in [5, 5.41) is 19.2. The molecule has 3 rings (SSSR count). The monoisotopic (exact) mass is 337 g/mol. The number of carbonyl (C=O) groups is 1. The van der Waals surface area contributed by atoms with Crippen LogP contribution >= 0.6 is 0 Å². The van der Waals surface area contributed by atoms with Crippen LogP contribution in [0.3, 0.4) is 0 Å². The quantitative estimate of drug-likeness (QED) is 0.877. The van der Waals surface area contributed by atoms with E-state index in [-0.39, 0.29) is 11.9 Å². The summed E-state index contributed by atoms with van der Waals surface area (Å²) in [5.41, 5.74) is 4.88. The van der Waals surface area contributed by atoms with Gasteiger partial charge in [-0.2, -0.15) is 10.4 Å². The van der Waals surface area contributed by atoms with E-state index >= 15 is 0 Å². The predicted octanol–water partition coefficient (Wildman–Crippen LogP) is 2.35. The number of aryl methyl sites for hydroxylation is 2. The van der Waals surface area contributed by atoms with Crippen LogP contribution in [0.15, 0.2) is 24.3 Å². The average molecular weight is 337 g/mol. The molecule has 130 valence electrons. The van der Waals surface area contributed by atoms with Crippen LogP contribution in [0.4, 0.5) is 0 Å². The molecule has 6 heteroatoms. The third-order valence-electron chi connectivity index (χ3n) is 4.77. The Labute approximate surface area is 147 Å². The van der Waals surface area contributed by atoms with Gasteiger partial charge < -0.3 is 5.32 Å². The lowest BCUT2D eigenvalue weighted by Gasteiger charge is -2.24. The van der Waals surface area contributed by atoms with E-state index in [9.17, 15) is 4.79 Å². The van der Waals surface area contributed by atoms with Crippen LogP contribution in [0.1, 0.15) is 47.0 Å². The third-order valence-corrected chi connectivity index (χ3v) is 4.77. The lowest BCUT2D eigenvalue weighted by atomic mass is 10.0. The van der Waals surface area contributed by atoms with Gasteiger partial charge in [-0.3, -0.25) is 14.8 Å². The van der Waals surface area contributed by atoms with Gasteiger partial charge in [0, 0.05) is 23.8 Å². The molecule has 1 saturated heterocycles. The van der Waals surface area contributed by atoms with E-state index in [1.807, 2.05) is 26.0 Å². The normalized spacial score (nSPS) is 17.4. The van der Waals surface area contributed by atoms with Crippen LogP contribution in [-0.2, 0) is 11.3 Å². The number of nitrogens with zero attached hydrogens (tertiary/aromatic N) is 3. The summed E-state index contributed by atoms with van der Waals surface area (Å²) in [6.45, 7) is 5.79. The minimum atomic E-state index is 0.00746. The van der Waals surface area contributed by atoms with Gasteiger partial charge in [0.1, 0.15) is 0 Å². The van der Waals surface area contributed by atoms with E-state index in [1.165, 1.54) is 5.56 Å². The molecule has 1 fully saturated rings. The van der Waals surface area contributed by atoms with Crippen molar-refractivity contribution in [3.8, 4) is 6.07 Å². The molecule has 1 aromatic carbocycles. The van der Waals surface area contributed by atoms with Crippen molar-refractivity contribution in [1.29, 1.82) is 5.26 Å². The third kappa shape index (κ3) is 3.89. The number of amides is 1. The number of nitrogens with one attached hydrogen (secondary N) is 2. The number of nitriles is 1. The van der Waals surface area contributed by atoms with E-state index < -0.39 is 0 Å². The molecule has 6 nitrogen and oxygen atoms in total. The molecule has 0 bridgehead atoms. The zero-order chi connectivity index (χ0) is 17.8. The Morgan fingerprint density at radius 1 is 1.48 bits per heavy atom. The maximum absolute atomic E-state index is 12.4. The lowest BCUT2D eigenvalue weighted by molar-refractivity contribution is -0.122. The second-order valence-electron chi connectivity index (χ2n) is 6.57. The van der Waals surface area contributed by atoms with Crippen molar-refractivity contribution >= 4 is 5.91 Å². The summed E-state index contributed by atoms with van der Waals surface area (Å²) in [7, 11) is 0. The highest BCUT2D eigenvalue weighted by Gasteiger charge is 2.30. The first-order chi connectivity index (χ1) is 12.1. The summed E-state index contributed by atoms with van der Waals surface area (Å²) in [6, 6.07) is 9.68. The molecule has 0 spiro atoms. The molecule has 1 aliphatic heterocycles. The lowest BCUT2D eigenvalue weighted by Crippen LogP contribution is -2.36. The van der Waals surface area contributed by atoms with Crippen LogP contribution in [0, 0.1) is 25.2 Å². The van der Waals surface area contributed by atoms with E-state index in [4.69, 9.17) is 5.26 Å². The topological polar surface area (TPSA) is 84.8 Å². The Kier molecular flexibility index (Phi) is 5.15. The molecular formula is C19H23N5O. The van der Waals surface area contributed by atoms with Crippen LogP contribution < -0.4 is 5.32 Å². The molecule has 1 aliphatic rings. The summed E-state index contributed by atoms with van der Waals surface area (Å²) in [6.07, 6.45) is 2.14. The Morgan fingerprint density at radius 2 is 2.32 bits per heavy atom.